The highest BCUT2D eigenvalue weighted by Gasteiger charge is 2.14. The molecular weight excluding hydrogens is 376 g/mol. The molecule has 0 saturated carbocycles. The first-order chi connectivity index (χ1) is 13.5. The van der Waals surface area contributed by atoms with E-state index in [2.05, 4.69) is 25.9 Å². The number of anilines is 1. The number of fused-ring (bicyclic) bond motifs is 1. The molecule has 2 N–H and O–H groups in total. The number of hydrazine groups is 1. The van der Waals surface area contributed by atoms with Crippen LogP contribution in [0.25, 0.3) is 16.7 Å². The van der Waals surface area contributed by atoms with Crippen molar-refractivity contribution in [3.8, 4) is 5.69 Å². The van der Waals surface area contributed by atoms with Crippen LogP contribution < -0.4 is 10.9 Å². The van der Waals surface area contributed by atoms with E-state index in [-0.39, 0.29) is 5.91 Å². The Morgan fingerprint density at radius 2 is 1.96 bits per heavy atom. The molecule has 2 aromatic heterocycles. The Bertz CT molecular complexity index is 1190. The SMILES string of the molecule is Cc1cccc(C(=O)NNc2ncnc3c2cnn3-c2cc(Cl)ccc2C)c1. The maximum absolute atomic E-state index is 12.4. The number of rotatable bonds is 4. The van der Waals surface area contributed by atoms with Crippen LogP contribution in [-0.4, -0.2) is 25.7 Å². The van der Waals surface area contributed by atoms with Gasteiger partial charge in [-0.2, -0.15) is 5.10 Å². The lowest BCUT2D eigenvalue weighted by Crippen LogP contribution is -2.29. The van der Waals surface area contributed by atoms with E-state index in [1.807, 2.05) is 50.2 Å². The molecule has 7 nitrogen and oxygen atoms in total. The highest BCUT2D eigenvalue weighted by atomic mass is 35.5. The Morgan fingerprint density at radius 1 is 1.11 bits per heavy atom. The lowest BCUT2D eigenvalue weighted by Gasteiger charge is -2.10. The minimum absolute atomic E-state index is 0.256. The van der Waals surface area contributed by atoms with Crippen LogP contribution in [0.1, 0.15) is 21.5 Å². The summed E-state index contributed by atoms with van der Waals surface area (Å²) in [5, 5.41) is 5.71. The summed E-state index contributed by atoms with van der Waals surface area (Å²) in [5.41, 5.74) is 9.54. The highest BCUT2D eigenvalue weighted by molar-refractivity contribution is 6.30. The van der Waals surface area contributed by atoms with Gasteiger partial charge < -0.3 is 0 Å². The summed E-state index contributed by atoms with van der Waals surface area (Å²) in [4.78, 5) is 20.9. The molecule has 2 heterocycles. The number of nitrogens with zero attached hydrogens (tertiary/aromatic N) is 4. The molecule has 28 heavy (non-hydrogen) atoms. The number of benzene rings is 2. The molecule has 0 saturated heterocycles. The number of hydrogen-bond acceptors (Lipinski definition) is 5. The first-order valence-electron chi connectivity index (χ1n) is 8.61. The second-order valence-corrected chi connectivity index (χ2v) is 6.83. The van der Waals surface area contributed by atoms with Crippen LogP contribution in [0, 0.1) is 13.8 Å². The molecule has 0 fully saturated rings. The molecule has 8 heteroatoms. The molecule has 0 aliphatic rings. The summed E-state index contributed by atoms with van der Waals surface area (Å²) >= 11 is 6.14. The molecule has 0 unspecified atom stereocenters. The van der Waals surface area contributed by atoms with Gasteiger partial charge in [-0.15, -0.1) is 0 Å². The molecular formula is C20H17ClN6O. The van der Waals surface area contributed by atoms with E-state index in [1.165, 1.54) is 6.33 Å². The van der Waals surface area contributed by atoms with E-state index in [9.17, 15) is 4.79 Å². The summed E-state index contributed by atoms with van der Waals surface area (Å²) in [6.45, 7) is 3.91. The van der Waals surface area contributed by atoms with E-state index < -0.39 is 0 Å². The fourth-order valence-electron chi connectivity index (χ4n) is 2.91. The van der Waals surface area contributed by atoms with Gasteiger partial charge in [0.25, 0.3) is 5.91 Å². The van der Waals surface area contributed by atoms with Crippen LogP contribution in [0.4, 0.5) is 5.82 Å². The zero-order valence-electron chi connectivity index (χ0n) is 15.3. The maximum atomic E-state index is 12.4. The third-order valence-electron chi connectivity index (χ3n) is 4.34. The number of aromatic nitrogens is 4. The zero-order valence-corrected chi connectivity index (χ0v) is 16.0. The molecule has 0 bridgehead atoms. The van der Waals surface area contributed by atoms with Crippen molar-refractivity contribution in [2.45, 2.75) is 13.8 Å². The second kappa shape index (κ2) is 7.28. The van der Waals surface area contributed by atoms with Gasteiger partial charge in [0.05, 0.1) is 17.3 Å². The lowest BCUT2D eigenvalue weighted by atomic mass is 10.1. The normalized spacial score (nSPS) is 10.8. The van der Waals surface area contributed by atoms with Crippen LogP contribution in [0.5, 0.6) is 0 Å². The largest absolute Gasteiger partial charge is 0.281 e. The lowest BCUT2D eigenvalue weighted by molar-refractivity contribution is 0.0962. The van der Waals surface area contributed by atoms with Crippen LogP contribution >= 0.6 is 11.6 Å². The summed E-state index contributed by atoms with van der Waals surface area (Å²) in [6.07, 6.45) is 3.07. The molecule has 0 radical (unpaired) electrons. The molecule has 0 atom stereocenters. The molecule has 2 aromatic carbocycles. The third-order valence-corrected chi connectivity index (χ3v) is 4.57. The van der Waals surface area contributed by atoms with E-state index in [0.29, 0.717) is 27.4 Å². The number of amides is 1. The molecule has 4 aromatic rings. The van der Waals surface area contributed by atoms with Gasteiger partial charge in [-0.25, -0.2) is 14.6 Å². The van der Waals surface area contributed by atoms with Gasteiger partial charge in [0.15, 0.2) is 11.5 Å². The zero-order chi connectivity index (χ0) is 19.7. The molecule has 0 aliphatic heterocycles. The predicted octanol–water partition coefficient (Wildman–Crippen LogP) is 3.84. The molecule has 1 amide bonds. The van der Waals surface area contributed by atoms with Crippen molar-refractivity contribution in [2.24, 2.45) is 0 Å². The van der Waals surface area contributed by atoms with Crippen LogP contribution in [0.15, 0.2) is 55.0 Å². The Labute approximate surface area is 166 Å². The van der Waals surface area contributed by atoms with Gasteiger partial charge in [-0.05, 0) is 43.7 Å². The topological polar surface area (TPSA) is 84.7 Å². The molecule has 140 valence electrons. The summed E-state index contributed by atoms with van der Waals surface area (Å²) in [7, 11) is 0. The Morgan fingerprint density at radius 3 is 2.79 bits per heavy atom. The predicted molar refractivity (Wildman–Crippen MR) is 109 cm³/mol. The van der Waals surface area contributed by atoms with Gasteiger partial charge in [0.1, 0.15) is 6.33 Å². The first kappa shape index (κ1) is 17.9. The van der Waals surface area contributed by atoms with Gasteiger partial charge in [0, 0.05) is 10.6 Å². The van der Waals surface area contributed by atoms with Gasteiger partial charge in [0.2, 0.25) is 0 Å². The average Bonchev–Trinajstić information content (AvgIpc) is 3.12. The smallest absolute Gasteiger partial charge is 0.269 e. The molecule has 4 rings (SSSR count). The van der Waals surface area contributed by atoms with Crippen LogP contribution in [0.2, 0.25) is 5.02 Å². The minimum atomic E-state index is -0.256. The number of carbonyl (C=O) groups is 1. The molecule has 0 spiro atoms. The first-order valence-corrected chi connectivity index (χ1v) is 8.99. The van der Waals surface area contributed by atoms with Gasteiger partial charge in [-0.3, -0.25) is 15.6 Å². The van der Waals surface area contributed by atoms with Crippen LogP contribution in [0.3, 0.4) is 0 Å². The van der Waals surface area contributed by atoms with Crippen molar-refractivity contribution in [3.63, 3.8) is 0 Å². The van der Waals surface area contributed by atoms with Crippen LogP contribution in [-0.2, 0) is 0 Å². The van der Waals surface area contributed by atoms with E-state index in [1.54, 1.807) is 16.9 Å². The van der Waals surface area contributed by atoms with Crippen molar-refractivity contribution in [2.75, 3.05) is 5.43 Å². The fourth-order valence-corrected chi connectivity index (χ4v) is 3.07. The Kier molecular flexibility index (Phi) is 4.67. The summed E-state index contributed by atoms with van der Waals surface area (Å²) in [6, 6.07) is 12.9. The van der Waals surface area contributed by atoms with Gasteiger partial charge in [-0.1, -0.05) is 35.4 Å². The van der Waals surface area contributed by atoms with E-state index >= 15 is 0 Å². The third kappa shape index (κ3) is 3.39. The number of halogens is 1. The van der Waals surface area contributed by atoms with Crippen molar-refractivity contribution in [1.29, 1.82) is 0 Å². The number of hydrogen-bond donors (Lipinski definition) is 2. The minimum Gasteiger partial charge on any atom is -0.281 e. The average molecular weight is 393 g/mol. The Hall–Kier alpha value is -3.45. The van der Waals surface area contributed by atoms with Crippen molar-refractivity contribution < 1.29 is 4.79 Å². The van der Waals surface area contributed by atoms with Gasteiger partial charge >= 0.3 is 0 Å². The Balaban J connectivity index is 1.64. The maximum Gasteiger partial charge on any atom is 0.269 e. The van der Waals surface area contributed by atoms with E-state index in [0.717, 1.165) is 16.8 Å². The standard InChI is InChI=1S/C20H17ClN6O/c1-12-4-3-5-14(8-12)20(28)26-25-18-16-10-24-27(19(16)23-11-22-18)17-9-15(21)7-6-13(17)2/h3-11H,1-2H3,(H,26,28)(H,22,23,25). The molecule has 0 aliphatic carbocycles. The summed E-state index contributed by atoms with van der Waals surface area (Å²) < 4.78 is 1.70. The van der Waals surface area contributed by atoms with Crippen molar-refractivity contribution in [1.82, 2.24) is 25.2 Å². The highest BCUT2D eigenvalue weighted by Crippen LogP contribution is 2.25. The second-order valence-electron chi connectivity index (χ2n) is 6.40. The number of aryl methyl sites for hydroxylation is 2. The van der Waals surface area contributed by atoms with Crippen molar-refractivity contribution in [3.05, 3.63) is 76.7 Å². The summed E-state index contributed by atoms with van der Waals surface area (Å²) in [5.74, 6) is 0.200. The monoisotopic (exact) mass is 392 g/mol. The quantitative estimate of drug-likeness (QED) is 0.515. The number of carbonyl (C=O) groups excluding carboxylic acids is 1. The number of nitrogens with one attached hydrogen (secondary N) is 2. The van der Waals surface area contributed by atoms with E-state index in [4.69, 9.17) is 11.6 Å². The fraction of sp³-hybridized carbons (Fsp3) is 0.100. The van der Waals surface area contributed by atoms with Crippen molar-refractivity contribution >= 4 is 34.4 Å².